The predicted molar refractivity (Wildman–Crippen MR) is 81.4 cm³/mol. The van der Waals surface area contributed by atoms with E-state index in [-0.39, 0.29) is 11.9 Å². The maximum Gasteiger partial charge on any atom is 0.236 e. The van der Waals surface area contributed by atoms with Crippen LogP contribution in [0.5, 0.6) is 0 Å². The Labute approximate surface area is 121 Å². The van der Waals surface area contributed by atoms with E-state index in [2.05, 4.69) is 47.9 Å². The van der Waals surface area contributed by atoms with Gasteiger partial charge in [-0.05, 0) is 25.8 Å². The highest BCUT2D eigenvalue weighted by atomic mass is 16.1. The summed E-state index contributed by atoms with van der Waals surface area (Å²) in [5.41, 5.74) is 6.89. The summed E-state index contributed by atoms with van der Waals surface area (Å²) >= 11 is 0. The minimum absolute atomic E-state index is 0.158. The molecule has 0 spiro atoms. The predicted octanol–water partition coefficient (Wildman–Crippen LogP) is 1.11. The van der Waals surface area contributed by atoms with Crippen LogP contribution < -0.4 is 5.73 Å². The van der Waals surface area contributed by atoms with Crippen LogP contribution in [0.15, 0.2) is 30.3 Å². The highest BCUT2D eigenvalue weighted by Gasteiger charge is 2.31. The normalized spacial score (nSPS) is 21.2. The molecular formula is C16H25N3O. The Hall–Kier alpha value is -1.39. The van der Waals surface area contributed by atoms with Crippen molar-refractivity contribution < 1.29 is 4.79 Å². The van der Waals surface area contributed by atoms with Gasteiger partial charge >= 0.3 is 0 Å². The van der Waals surface area contributed by atoms with Crippen molar-refractivity contribution in [3.8, 4) is 0 Å². The third-order valence-corrected chi connectivity index (χ3v) is 4.11. The van der Waals surface area contributed by atoms with Crippen LogP contribution in [0, 0.1) is 0 Å². The van der Waals surface area contributed by atoms with Gasteiger partial charge in [0.1, 0.15) is 6.04 Å². The lowest BCUT2D eigenvalue weighted by molar-refractivity contribution is -0.126. The first-order chi connectivity index (χ1) is 9.58. The van der Waals surface area contributed by atoms with Crippen molar-refractivity contribution in [3.63, 3.8) is 0 Å². The summed E-state index contributed by atoms with van der Waals surface area (Å²) in [7, 11) is 0. The Morgan fingerprint density at radius 3 is 2.60 bits per heavy atom. The molecule has 0 radical (unpaired) electrons. The fourth-order valence-electron chi connectivity index (χ4n) is 2.77. The molecule has 1 aliphatic heterocycles. The van der Waals surface area contributed by atoms with Crippen LogP contribution in [0.4, 0.5) is 0 Å². The van der Waals surface area contributed by atoms with E-state index in [4.69, 9.17) is 5.73 Å². The Bertz CT molecular complexity index is 433. The zero-order valence-corrected chi connectivity index (χ0v) is 12.5. The van der Waals surface area contributed by atoms with Gasteiger partial charge < -0.3 is 5.73 Å². The van der Waals surface area contributed by atoms with Gasteiger partial charge in [-0.25, -0.2) is 0 Å². The molecule has 110 valence electrons. The smallest absolute Gasteiger partial charge is 0.236 e. The minimum atomic E-state index is -0.205. The van der Waals surface area contributed by atoms with Crippen molar-refractivity contribution in [2.75, 3.05) is 26.2 Å². The lowest BCUT2D eigenvalue weighted by atomic mass is 10.1. The number of piperazine rings is 1. The third-order valence-electron chi connectivity index (χ3n) is 4.11. The molecule has 1 amide bonds. The van der Waals surface area contributed by atoms with E-state index >= 15 is 0 Å². The van der Waals surface area contributed by atoms with Gasteiger partial charge in [-0.15, -0.1) is 0 Å². The van der Waals surface area contributed by atoms with E-state index in [9.17, 15) is 4.79 Å². The monoisotopic (exact) mass is 275 g/mol. The maximum atomic E-state index is 11.7. The molecule has 1 aromatic rings. The first kappa shape index (κ1) is 15.0. The van der Waals surface area contributed by atoms with Crippen molar-refractivity contribution in [2.24, 2.45) is 5.73 Å². The van der Waals surface area contributed by atoms with Gasteiger partial charge in [0, 0.05) is 32.2 Å². The van der Waals surface area contributed by atoms with Crippen LogP contribution in [0.25, 0.3) is 0 Å². The molecule has 0 aliphatic carbocycles. The number of amides is 1. The van der Waals surface area contributed by atoms with Crippen molar-refractivity contribution in [1.82, 2.24) is 9.80 Å². The quantitative estimate of drug-likeness (QED) is 0.876. The number of nitrogens with zero attached hydrogens (tertiary/aromatic N) is 2. The van der Waals surface area contributed by atoms with E-state index in [1.807, 2.05) is 6.07 Å². The molecule has 1 aromatic carbocycles. The summed E-state index contributed by atoms with van der Waals surface area (Å²) in [6, 6.07) is 10.7. The Kier molecular flexibility index (Phi) is 5.15. The Morgan fingerprint density at radius 2 is 2.00 bits per heavy atom. The number of carbonyl (C=O) groups excluding carboxylic acids is 1. The number of hydrogen-bond donors (Lipinski definition) is 1. The molecule has 0 aromatic heterocycles. The summed E-state index contributed by atoms with van der Waals surface area (Å²) in [5.74, 6) is -0.205. The molecule has 0 saturated carbocycles. The van der Waals surface area contributed by atoms with Gasteiger partial charge in [-0.2, -0.15) is 0 Å². The number of nitrogens with two attached hydrogens (primary N) is 1. The van der Waals surface area contributed by atoms with E-state index in [0.717, 1.165) is 32.6 Å². The van der Waals surface area contributed by atoms with Gasteiger partial charge in [-0.1, -0.05) is 30.3 Å². The molecule has 1 fully saturated rings. The van der Waals surface area contributed by atoms with Gasteiger partial charge in [0.15, 0.2) is 0 Å². The molecule has 2 N–H and O–H groups in total. The van der Waals surface area contributed by atoms with Crippen LogP contribution in [-0.2, 0) is 11.2 Å². The average molecular weight is 275 g/mol. The Morgan fingerprint density at radius 1 is 1.30 bits per heavy atom. The van der Waals surface area contributed by atoms with E-state index in [0.29, 0.717) is 6.04 Å². The van der Waals surface area contributed by atoms with Gasteiger partial charge in [-0.3, -0.25) is 14.6 Å². The SMILES string of the molecule is CC(C)N1CCN(CCc2ccccc2)C(C(N)=O)C1. The topological polar surface area (TPSA) is 49.6 Å². The van der Waals surface area contributed by atoms with Crippen molar-refractivity contribution in [1.29, 1.82) is 0 Å². The third kappa shape index (κ3) is 3.81. The zero-order chi connectivity index (χ0) is 14.5. The van der Waals surface area contributed by atoms with E-state index in [1.165, 1.54) is 5.56 Å². The molecule has 1 atom stereocenters. The average Bonchev–Trinajstić information content (AvgIpc) is 2.45. The molecule has 1 saturated heterocycles. The molecule has 1 heterocycles. The molecule has 1 aliphatic rings. The van der Waals surface area contributed by atoms with Gasteiger partial charge in [0.05, 0.1) is 0 Å². The molecule has 0 bridgehead atoms. The second-order valence-corrected chi connectivity index (χ2v) is 5.78. The minimum Gasteiger partial charge on any atom is -0.368 e. The fourth-order valence-corrected chi connectivity index (χ4v) is 2.77. The van der Waals surface area contributed by atoms with E-state index in [1.54, 1.807) is 0 Å². The first-order valence-corrected chi connectivity index (χ1v) is 7.39. The standard InChI is InChI=1S/C16H25N3O/c1-13(2)19-11-10-18(15(12-19)16(17)20)9-8-14-6-4-3-5-7-14/h3-7,13,15H,8-12H2,1-2H3,(H2,17,20). The molecule has 1 unspecified atom stereocenters. The summed E-state index contributed by atoms with van der Waals surface area (Å²) in [6.07, 6.45) is 0.965. The number of primary amides is 1. The first-order valence-electron chi connectivity index (χ1n) is 7.39. The largest absolute Gasteiger partial charge is 0.368 e. The maximum absolute atomic E-state index is 11.7. The molecule has 20 heavy (non-hydrogen) atoms. The highest BCUT2D eigenvalue weighted by Crippen LogP contribution is 2.13. The van der Waals surface area contributed by atoms with Crippen LogP contribution in [0.2, 0.25) is 0 Å². The molecule has 4 heteroatoms. The summed E-state index contributed by atoms with van der Waals surface area (Å²) in [6.45, 7) is 7.90. The lowest BCUT2D eigenvalue weighted by Gasteiger charge is -2.41. The number of benzene rings is 1. The second kappa shape index (κ2) is 6.86. The number of hydrogen-bond acceptors (Lipinski definition) is 3. The van der Waals surface area contributed by atoms with Crippen molar-refractivity contribution in [3.05, 3.63) is 35.9 Å². The van der Waals surface area contributed by atoms with Gasteiger partial charge in [0.2, 0.25) is 5.91 Å². The van der Waals surface area contributed by atoms with E-state index < -0.39 is 0 Å². The zero-order valence-electron chi connectivity index (χ0n) is 12.5. The number of rotatable bonds is 5. The number of carbonyl (C=O) groups is 1. The molecular weight excluding hydrogens is 250 g/mol. The van der Waals surface area contributed by atoms with Crippen LogP contribution in [0.1, 0.15) is 19.4 Å². The Balaban J connectivity index is 1.94. The fraction of sp³-hybridized carbons (Fsp3) is 0.562. The van der Waals surface area contributed by atoms with Crippen LogP contribution in [-0.4, -0.2) is 54.0 Å². The van der Waals surface area contributed by atoms with Crippen molar-refractivity contribution >= 4 is 5.91 Å². The lowest BCUT2D eigenvalue weighted by Crippen LogP contribution is -2.59. The van der Waals surface area contributed by atoms with Crippen LogP contribution in [0.3, 0.4) is 0 Å². The van der Waals surface area contributed by atoms with Crippen molar-refractivity contribution in [2.45, 2.75) is 32.4 Å². The summed E-state index contributed by atoms with van der Waals surface area (Å²) in [4.78, 5) is 16.3. The highest BCUT2D eigenvalue weighted by molar-refractivity contribution is 5.80. The molecule has 2 rings (SSSR count). The summed E-state index contributed by atoms with van der Waals surface area (Å²) < 4.78 is 0. The van der Waals surface area contributed by atoms with Crippen LogP contribution >= 0.6 is 0 Å². The second-order valence-electron chi connectivity index (χ2n) is 5.78. The summed E-state index contributed by atoms with van der Waals surface area (Å²) in [5, 5.41) is 0. The molecule has 4 nitrogen and oxygen atoms in total. The van der Waals surface area contributed by atoms with Gasteiger partial charge in [0.25, 0.3) is 0 Å².